The summed E-state index contributed by atoms with van der Waals surface area (Å²) in [5, 5.41) is 9.34. The fourth-order valence-electron chi connectivity index (χ4n) is 2.08. The van der Waals surface area contributed by atoms with Crippen molar-refractivity contribution in [3.8, 4) is 0 Å². The van der Waals surface area contributed by atoms with Crippen molar-refractivity contribution in [3.63, 3.8) is 0 Å². The maximum atomic E-state index is 11.5. The number of nitrogens with zero attached hydrogens (tertiary/aromatic N) is 1. The van der Waals surface area contributed by atoms with Crippen LogP contribution in [-0.4, -0.2) is 47.3 Å². The van der Waals surface area contributed by atoms with Crippen molar-refractivity contribution in [1.82, 2.24) is 4.90 Å². The van der Waals surface area contributed by atoms with Gasteiger partial charge < -0.3 is 14.7 Å². The first-order valence-corrected chi connectivity index (χ1v) is 4.68. The minimum atomic E-state index is -0.482. The molecule has 0 aromatic rings. The predicted octanol–water partition coefficient (Wildman–Crippen LogP) is -0.241. The van der Waals surface area contributed by atoms with E-state index in [0.29, 0.717) is 13.2 Å². The molecule has 2 aliphatic rings. The lowest BCUT2D eigenvalue weighted by Gasteiger charge is -2.33. The minimum Gasteiger partial charge on any atom is -0.391 e. The van der Waals surface area contributed by atoms with Gasteiger partial charge in [-0.25, -0.2) is 0 Å². The van der Waals surface area contributed by atoms with E-state index < -0.39 is 6.10 Å². The first-order valence-electron chi connectivity index (χ1n) is 4.68. The zero-order valence-electron chi connectivity index (χ0n) is 7.82. The van der Waals surface area contributed by atoms with Crippen molar-refractivity contribution < 1.29 is 14.6 Å². The van der Waals surface area contributed by atoms with Gasteiger partial charge in [0.25, 0.3) is 0 Å². The van der Waals surface area contributed by atoms with Crippen LogP contribution in [0.4, 0.5) is 0 Å². The Balaban J connectivity index is 2.11. The van der Waals surface area contributed by atoms with E-state index in [-0.39, 0.29) is 17.9 Å². The number of carbonyl (C=O) groups excluding carboxylic acids is 1. The van der Waals surface area contributed by atoms with Gasteiger partial charge in [0.1, 0.15) is 0 Å². The van der Waals surface area contributed by atoms with Crippen LogP contribution in [0.25, 0.3) is 0 Å². The third-order valence-corrected chi connectivity index (χ3v) is 2.95. The molecule has 2 aliphatic heterocycles. The molecule has 0 spiro atoms. The normalized spacial score (nSPS) is 40.3. The molecule has 2 heterocycles. The van der Waals surface area contributed by atoms with Crippen molar-refractivity contribution in [2.75, 3.05) is 19.8 Å². The zero-order chi connectivity index (χ0) is 9.47. The van der Waals surface area contributed by atoms with Crippen molar-refractivity contribution in [1.29, 1.82) is 0 Å². The fourth-order valence-corrected chi connectivity index (χ4v) is 2.08. The van der Waals surface area contributed by atoms with Gasteiger partial charge >= 0.3 is 0 Å². The highest BCUT2D eigenvalue weighted by Gasteiger charge is 2.43. The van der Waals surface area contributed by atoms with Crippen molar-refractivity contribution in [3.05, 3.63) is 0 Å². The Morgan fingerprint density at radius 3 is 2.92 bits per heavy atom. The van der Waals surface area contributed by atoms with Crippen molar-refractivity contribution >= 4 is 5.91 Å². The Bertz CT molecular complexity index is 223. The summed E-state index contributed by atoms with van der Waals surface area (Å²) >= 11 is 0. The number of carbonyl (C=O) groups is 1. The van der Waals surface area contributed by atoms with Crippen LogP contribution in [0.1, 0.15) is 19.8 Å². The highest BCUT2D eigenvalue weighted by molar-refractivity contribution is 5.79. The number of amides is 1. The van der Waals surface area contributed by atoms with Gasteiger partial charge in [-0.2, -0.15) is 0 Å². The van der Waals surface area contributed by atoms with Gasteiger partial charge in [-0.3, -0.25) is 4.79 Å². The quantitative estimate of drug-likeness (QED) is 0.613. The molecule has 2 unspecified atom stereocenters. The molecule has 0 aromatic heterocycles. The van der Waals surface area contributed by atoms with Crippen LogP contribution >= 0.6 is 0 Å². The standard InChI is InChI=1S/C9H15NO3/c1-9(2-3-13-6-9)10-5-7(11)4-8(10)12/h7,11H,2-6H2,1H3. The van der Waals surface area contributed by atoms with E-state index in [0.717, 1.165) is 13.0 Å². The molecule has 2 rings (SSSR count). The Hall–Kier alpha value is -0.610. The second kappa shape index (κ2) is 2.96. The number of aliphatic hydroxyl groups excluding tert-OH is 1. The predicted molar refractivity (Wildman–Crippen MR) is 46.2 cm³/mol. The molecule has 0 saturated carbocycles. The Morgan fingerprint density at radius 1 is 1.69 bits per heavy atom. The molecule has 2 fully saturated rings. The fraction of sp³-hybridized carbons (Fsp3) is 0.889. The lowest BCUT2D eigenvalue weighted by molar-refractivity contribution is -0.132. The second-order valence-electron chi connectivity index (χ2n) is 4.16. The summed E-state index contributed by atoms with van der Waals surface area (Å²) in [6.45, 7) is 3.82. The monoisotopic (exact) mass is 185 g/mol. The highest BCUT2D eigenvalue weighted by atomic mass is 16.5. The molecule has 4 nitrogen and oxygen atoms in total. The van der Waals surface area contributed by atoms with Crippen LogP contribution in [0, 0.1) is 0 Å². The summed E-state index contributed by atoms with van der Waals surface area (Å²) in [7, 11) is 0. The number of hydrogen-bond donors (Lipinski definition) is 1. The summed E-state index contributed by atoms with van der Waals surface area (Å²) in [5.74, 6) is 0.0560. The number of β-amino-alcohol motifs (C(OH)–C–C–N with tert-alkyl or cyclic N) is 1. The van der Waals surface area contributed by atoms with Gasteiger partial charge in [0.2, 0.25) is 5.91 Å². The van der Waals surface area contributed by atoms with E-state index in [2.05, 4.69) is 0 Å². The maximum Gasteiger partial charge on any atom is 0.225 e. The first kappa shape index (κ1) is 8.97. The van der Waals surface area contributed by atoms with Gasteiger partial charge in [-0.1, -0.05) is 0 Å². The van der Waals surface area contributed by atoms with E-state index in [1.54, 1.807) is 4.90 Å². The van der Waals surface area contributed by atoms with Crippen LogP contribution in [-0.2, 0) is 9.53 Å². The summed E-state index contributed by atoms with van der Waals surface area (Å²) in [6, 6.07) is 0. The Kier molecular flexibility index (Phi) is 2.04. The van der Waals surface area contributed by atoms with E-state index >= 15 is 0 Å². The lowest BCUT2D eigenvalue weighted by Crippen LogP contribution is -2.48. The number of aliphatic hydroxyl groups is 1. The van der Waals surface area contributed by atoms with Crippen LogP contribution in [0.2, 0.25) is 0 Å². The molecule has 0 bridgehead atoms. The molecule has 2 atom stereocenters. The molecule has 74 valence electrons. The average Bonchev–Trinajstić information content (AvgIpc) is 2.59. The summed E-state index contributed by atoms with van der Waals surface area (Å²) in [4.78, 5) is 13.3. The van der Waals surface area contributed by atoms with E-state index in [1.807, 2.05) is 6.92 Å². The molecule has 2 saturated heterocycles. The topological polar surface area (TPSA) is 49.8 Å². The molecule has 0 aliphatic carbocycles. The summed E-state index contributed by atoms with van der Waals surface area (Å²) < 4.78 is 5.28. The zero-order valence-corrected chi connectivity index (χ0v) is 7.82. The van der Waals surface area contributed by atoms with E-state index in [4.69, 9.17) is 4.74 Å². The van der Waals surface area contributed by atoms with Crippen LogP contribution in [0.15, 0.2) is 0 Å². The van der Waals surface area contributed by atoms with Crippen molar-refractivity contribution in [2.24, 2.45) is 0 Å². The van der Waals surface area contributed by atoms with Crippen LogP contribution < -0.4 is 0 Å². The molecule has 0 aromatic carbocycles. The molecule has 0 radical (unpaired) electrons. The molecule has 4 heteroatoms. The Labute approximate surface area is 77.5 Å². The third kappa shape index (κ3) is 1.44. The second-order valence-corrected chi connectivity index (χ2v) is 4.16. The Morgan fingerprint density at radius 2 is 2.46 bits per heavy atom. The largest absolute Gasteiger partial charge is 0.391 e. The van der Waals surface area contributed by atoms with Crippen LogP contribution in [0.5, 0.6) is 0 Å². The number of hydrogen-bond acceptors (Lipinski definition) is 3. The smallest absolute Gasteiger partial charge is 0.225 e. The molecular weight excluding hydrogens is 170 g/mol. The SMILES string of the molecule is CC1(N2CC(O)CC2=O)CCOC1. The van der Waals surface area contributed by atoms with Gasteiger partial charge in [-0.05, 0) is 13.3 Å². The average molecular weight is 185 g/mol. The molecule has 1 amide bonds. The highest BCUT2D eigenvalue weighted by Crippen LogP contribution is 2.29. The van der Waals surface area contributed by atoms with Gasteiger partial charge in [-0.15, -0.1) is 0 Å². The minimum absolute atomic E-state index is 0.0560. The van der Waals surface area contributed by atoms with Crippen molar-refractivity contribution in [2.45, 2.75) is 31.4 Å². The number of likely N-dealkylation sites (tertiary alicyclic amines) is 1. The number of ether oxygens (including phenoxy) is 1. The number of rotatable bonds is 1. The molecule has 1 N–H and O–H groups in total. The summed E-state index contributed by atoms with van der Waals surface area (Å²) in [5.41, 5.74) is -0.172. The first-order chi connectivity index (χ1) is 6.12. The lowest BCUT2D eigenvalue weighted by atomic mass is 10.00. The maximum absolute atomic E-state index is 11.5. The van der Waals surface area contributed by atoms with E-state index in [9.17, 15) is 9.90 Å². The van der Waals surface area contributed by atoms with Gasteiger partial charge in [0.05, 0.1) is 24.7 Å². The van der Waals surface area contributed by atoms with Gasteiger partial charge in [0, 0.05) is 13.2 Å². The van der Waals surface area contributed by atoms with Gasteiger partial charge in [0.15, 0.2) is 0 Å². The van der Waals surface area contributed by atoms with Crippen LogP contribution in [0.3, 0.4) is 0 Å². The van der Waals surface area contributed by atoms with E-state index in [1.165, 1.54) is 0 Å². The third-order valence-electron chi connectivity index (χ3n) is 2.95. The molecular formula is C9H15NO3. The summed E-state index contributed by atoms with van der Waals surface area (Å²) in [6.07, 6.45) is 0.672. The molecule has 13 heavy (non-hydrogen) atoms.